The molecule has 0 aromatic heterocycles. The van der Waals surface area contributed by atoms with Gasteiger partial charge in [-0.3, -0.25) is 0 Å². The van der Waals surface area contributed by atoms with E-state index in [-0.39, 0.29) is 5.41 Å². The van der Waals surface area contributed by atoms with Gasteiger partial charge < -0.3 is 4.74 Å². The highest BCUT2D eigenvalue weighted by atomic mass is 31.1. The summed E-state index contributed by atoms with van der Waals surface area (Å²) in [5.41, 5.74) is 1.37. The van der Waals surface area contributed by atoms with Crippen LogP contribution in [0.3, 0.4) is 0 Å². The molecule has 186 valence electrons. The van der Waals surface area contributed by atoms with Crippen LogP contribution in [-0.2, 0) is 0 Å². The van der Waals surface area contributed by atoms with Crippen LogP contribution in [0.15, 0.2) is 109 Å². The number of para-hydroxylation sites is 1. The van der Waals surface area contributed by atoms with Crippen molar-refractivity contribution < 1.29 is 6.11 Å². The molecule has 0 aliphatic heterocycles. The van der Waals surface area contributed by atoms with E-state index < -0.39 is 7.92 Å². The maximum absolute atomic E-state index is 8.56. The van der Waals surface area contributed by atoms with E-state index >= 15 is 0 Å². The molecule has 6 rings (SSSR count). The first-order chi connectivity index (χ1) is 18.5. The third-order valence-electron chi connectivity index (χ3n) is 8.34. The van der Waals surface area contributed by atoms with Gasteiger partial charge in [-0.2, -0.15) is 0 Å². The first-order valence-electron chi connectivity index (χ1n) is 13.9. The van der Waals surface area contributed by atoms with Crippen molar-refractivity contribution >= 4 is 40.1 Å². The van der Waals surface area contributed by atoms with Crippen LogP contribution in [0.4, 0.5) is 0 Å². The van der Waals surface area contributed by atoms with Crippen molar-refractivity contribution in [3.8, 4) is 5.75 Å². The monoisotopic (exact) mass is 503 g/mol. The van der Waals surface area contributed by atoms with Crippen LogP contribution in [0.5, 0.6) is 5.75 Å². The topological polar surface area (TPSA) is 9.23 Å². The maximum atomic E-state index is 8.56. The Kier molecular flexibility index (Phi) is 6.41. The summed E-state index contributed by atoms with van der Waals surface area (Å²) in [6.45, 7) is 2.47. The highest BCUT2D eigenvalue weighted by Crippen LogP contribution is 2.52. The molecule has 37 heavy (non-hydrogen) atoms. The average molecular weight is 504 g/mol. The van der Waals surface area contributed by atoms with E-state index in [0.29, 0.717) is 12.0 Å². The van der Waals surface area contributed by atoms with Gasteiger partial charge in [-0.05, 0) is 107 Å². The van der Waals surface area contributed by atoms with Crippen molar-refractivity contribution in [2.45, 2.75) is 38.5 Å². The summed E-state index contributed by atoms with van der Waals surface area (Å²) < 4.78 is 14.2. The van der Waals surface area contributed by atoms with E-state index in [2.05, 4.69) is 91.9 Å². The third-order valence-corrected chi connectivity index (χ3v) is 10.8. The summed E-state index contributed by atoms with van der Waals surface area (Å²) >= 11 is 0. The molecule has 0 saturated heterocycles. The van der Waals surface area contributed by atoms with E-state index in [1.54, 1.807) is 7.11 Å². The number of methoxy groups -OCH3 is 1. The predicted octanol–water partition coefficient (Wildman–Crippen LogP) is 8.80. The van der Waals surface area contributed by atoms with Crippen LogP contribution in [0, 0.1) is 5.41 Å². The van der Waals surface area contributed by atoms with Crippen molar-refractivity contribution in [3.63, 3.8) is 0 Å². The van der Waals surface area contributed by atoms with Crippen LogP contribution in [0.2, 0.25) is 0 Å². The lowest BCUT2D eigenvalue weighted by Gasteiger charge is -2.28. The summed E-state index contributed by atoms with van der Waals surface area (Å²) in [5.74, 6) is 1.28. The maximum Gasteiger partial charge on any atom is 0.122 e. The molecule has 0 heterocycles. The van der Waals surface area contributed by atoms with Gasteiger partial charge >= 0.3 is 0 Å². The van der Waals surface area contributed by atoms with Gasteiger partial charge in [0.15, 0.2) is 0 Å². The van der Waals surface area contributed by atoms with Crippen LogP contribution in [0.1, 0.15) is 45.5 Å². The minimum Gasteiger partial charge on any atom is -0.496 e. The van der Waals surface area contributed by atoms with Gasteiger partial charge in [0.2, 0.25) is 0 Å². The molecule has 2 unspecified atom stereocenters. The SMILES string of the molecule is [2H]c1cccc(OC)c1C1CCC(C)(CCP(c2ccc3ccccc3c2)c2ccc3ccccc3c2)C1. The summed E-state index contributed by atoms with van der Waals surface area (Å²) in [7, 11) is 1.24. The lowest BCUT2D eigenvalue weighted by molar-refractivity contribution is 0.320. The van der Waals surface area contributed by atoms with Crippen LogP contribution in [0.25, 0.3) is 21.5 Å². The second-order valence-electron chi connectivity index (χ2n) is 10.9. The zero-order chi connectivity index (χ0) is 26.1. The fourth-order valence-electron chi connectivity index (χ4n) is 6.20. The molecule has 1 aliphatic rings. The number of rotatable bonds is 7. The van der Waals surface area contributed by atoms with E-state index in [0.717, 1.165) is 24.2 Å². The Morgan fingerprint density at radius 1 is 0.811 bits per heavy atom. The van der Waals surface area contributed by atoms with E-state index in [1.807, 2.05) is 18.2 Å². The van der Waals surface area contributed by atoms with Gasteiger partial charge in [-0.25, -0.2) is 0 Å². The minimum absolute atomic E-state index is 0.270. The second-order valence-corrected chi connectivity index (χ2v) is 13.2. The van der Waals surface area contributed by atoms with E-state index in [4.69, 9.17) is 6.11 Å². The first kappa shape index (κ1) is 23.0. The summed E-state index contributed by atoms with van der Waals surface area (Å²) in [4.78, 5) is 0. The Morgan fingerprint density at radius 2 is 1.41 bits per heavy atom. The molecule has 1 fully saturated rings. The van der Waals surface area contributed by atoms with E-state index in [1.165, 1.54) is 51.2 Å². The molecule has 2 heteroatoms. The Bertz CT molecular complexity index is 1510. The van der Waals surface area contributed by atoms with Gasteiger partial charge in [0.05, 0.1) is 8.48 Å². The molecule has 5 aromatic carbocycles. The lowest BCUT2D eigenvalue weighted by Crippen LogP contribution is -2.19. The van der Waals surface area contributed by atoms with Gasteiger partial charge in [0.1, 0.15) is 5.75 Å². The van der Waals surface area contributed by atoms with Gasteiger partial charge in [0, 0.05) is 0 Å². The molecule has 5 aromatic rings. The molecule has 1 aliphatic carbocycles. The molecule has 0 radical (unpaired) electrons. The number of hydrogen-bond donors (Lipinski definition) is 0. The Balaban J connectivity index is 1.30. The van der Waals surface area contributed by atoms with Crippen molar-refractivity contribution in [3.05, 3.63) is 115 Å². The summed E-state index contributed by atoms with van der Waals surface area (Å²) in [5, 5.41) is 8.18. The lowest BCUT2D eigenvalue weighted by atomic mass is 9.84. The smallest absolute Gasteiger partial charge is 0.122 e. The second kappa shape index (κ2) is 10.3. The quantitative estimate of drug-likeness (QED) is 0.202. The number of ether oxygens (including phenoxy) is 1. The molecular weight excluding hydrogens is 467 g/mol. The van der Waals surface area contributed by atoms with Crippen molar-refractivity contribution in [2.24, 2.45) is 5.41 Å². The molecular formula is C35H35OP. The highest BCUT2D eigenvalue weighted by Gasteiger charge is 2.37. The van der Waals surface area contributed by atoms with Gasteiger partial charge in [-0.1, -0.05) is 97.9 Å². The van der Waals surface area contributed by atoms with Crippen molar-refractivity contribution in [1.82, 2.24) is 0 Å². The van der Waals surface area contributed by atoms with E-state index in [9.17, 15) is 0 Å². The molecule has 1 nitrogen and oxygen atoms in total. The summed E-state index contributed by atoms with van der Waals surface area (Å²) in [6, 6.07) is 38.1. The zero-order valence-electron chi connectivity index (χ0n) is 22.8. The Hall–Kier alpha value is -3.15. The third kappa shape index (κ3) is 5.03. The van der Waals surface area contributed by atoms with Crippen LogP contribution in [-0.4, -0.2) is 13.3 Å². The van der Waals surface area contributed by atoms with Gasteiger partial charge in [0.25, 0.3) is 0 Å². The van der Waals surface area contributed by atoms with Crippen molar-refractivity contribution in [1.29, 1.82) is 0 Å². The molecule has 1 saturated carbocycles. The summed E-state index contributed by atoms with van der Waals surface area (Å²) in [6.07, 6.45) is 5.82. The molecule has 0 N–H and O–H groups in total. The minimum atomic E-state index is -0.491. The zero-order valence-corrected chi connectivity index (χ0v) is 22.7. The molecule has 0 bridgehead atoms. The number of benzene rings is 5. The molecule has 2 atom stereocenters. The first-order valence-corrected chi connectivity index (χ1v) is 14.9. The predicted molar refractivity (Wildman–Crippen MR) is 161 cm³/mol. The fraction of sp³-hybridized carbons (Fsp3) is 0.257. The Morgan fingerprint density at radius 3 is 2.03 bits per heavy atom. The standard InChI is InChI=1S/C35H35OP/c1-35(20-19-30(25-35)33-13-7-8-14-34(33)36-2)21-22-37(31-17-15-26-9-3-5-11-28(26)23-31)32-18-16-27-10-4-6-12-29(27)24-32/h3-18,23-24,30H,19-22,25H2,1-2H3/i13D. The highest BCUT2D eigenvalue weighted by molar-refractivity contribution is 7.73. The number of hydrogen-bond acceptors (Lipinski definition) is 1. The normalized spacial score (nSPS) is 20.0. The largest absolute Gasteiger partial charge is 0.496 e. The molecule has 0 amide bonds. The van der Waals surface area contributed by atoms with Gasteiger partial charge in [-0.15, -0.1) is 0 Å². The Labute approximate surface area is 223 Å². The van der Waals surface area contributed by atoms with Crippen LogP contribution >= 0.6 is 7.92 Å². The van der Waals surface area contributed by atoms with Crippen LogP contribution < -0.4 is 15.3 Å². The number of fused-ring (bicyclic) bond motifs is 2. The molecule has 0 spiro atoms. The van der Waals surface area contributed by atoms with Crippen molar-refractivity contribution in [2.75, 3.05) is 13.3 Å². The fourth-order valence-corrected chi connectivity index (χ4v) is 8.88. The average Bonchev–Trinajstić information content (AvgIpc) is 3.34.